The summed E-state index contributed by atoms with van der Waals surface area (Å²) in [6.45, 7) is 2.10. The molecule has 0 saturated carbocycles. The van der Waals surface area contributed by atoms with Gasteiger partial charge in [-0.05, 0) is 36.8 Å². The molecule has 0 bridgehead atoms. The number of fused-ring (bicyclic) bond motifs is 1. The zero-order valence-electron chi connectivity index (χ0n) is 10.6. The summed E-state index contributed by atoms with van der Waals surface area (Å²) in [7, 11) is 0. The Morgan fingerprint density at radius 1 is 1.00 bits per heavy atom. The number of benzene rings is 2. The molecule has 3 rings (SSSR count). The Hall–Kier alpha value is -2.49. The van der Waals surface area contributed by atoms with E-state index in [4.69, 9.17) is 0 Å². The van der Waals surface area contributed by atoms with E-state index in [0.29, 0.717) is 0 Å². The van der Waals surface area contributed by atoms with Gasteiger partial charge < -0.3 is 15.3 Å². The van der Waals surface area contributed by atoms with Gasteiger partial charge in [-0.2, -0.15) is 0 Å². The Morgan fingerprint density at radius 2 is 1.74 bits per heavy atom. The second kappa shape index (κ2) is 4.65. The first-order valence-electron chi connectivity index (χ1n) is 6.26. The van der Waals surface area contributed by atoms with Gasteiger partial charge in [0.2, 0.25) is 0 Å². The fraction of sp³-hybridized carbons (Fsp3) is 0.133. The summed E-state index contributed by atoms with van der Waals surface area (Å²) in [4.78, 5) is 16.8. The third kappa shape index (κ3) is 2.38. The molecular weight excluding hydrogens is 238 g/mol. The van der Waals surface area contributed by atoms with Crippen molar-refractivity contribution >= 4 is 16.7 Å². The Morgan fingerprint density at radius 3 is 2.53 bits per heavy atom. The van der Waals surface area contributed by atoms with Gasteiger partial charge in [0.25, 0.3) is 0 Å². The normalized spacial score (nSPS) is 12.5. The molecule has 0 amide bonds. The van der Waals surface area contributed by atoms with Crippen molar-refractivity contribution in [2.24, 2.45) is 0 Å². The van der Waals surface area contributed by atoms with E-state index < -0.39 is 0 Å². The van der Waals surface area contributed by atoms with Gasteiger partial charge in [0.1, 0.15) is 0 Å². The molecule has 3 N–H and O–H groups in total. The van der Waals surface area contributed by atoms with Crippen molar-refractivity contribution < 1.29 is 0 Å². The van der Waals surface area contributed by atoms with Crippen LogP contribution in [-0.2, 0) is 0 Å². The second-order valence-electron chi connectivity index (χ2n) is 4.62. The molecule has 0 aliphatic carbocycles. The molecule has 1 unspecified atom stereocenters. The summed E-state index contributed by atoms with van der Waals surface area (Å²) in [5.74, 6) is 0. The summed E-state index contributed by atoms with van der Waals surface area (Å²) < 4.78 is 0. The number of H-pyrrole nitrogens is 2. The van der Waals surface area contributed by atoms with Crippen LogP contribution in [-0.4, -0.2) is 9.97 Å². The fourth-order valence-electron chi connectivity index (χ4n) is 2.19. The SMILES string of the molecule is CC(Nc1ccccc1)c1ccc2[nH]c(=O)[nH]c2c1. The molecule has 0 radical (unpaired) electrons. The average molecular weight is 253 g/mol. The third-order valence-electron chi connectivity index (χ3n) is 3.20. The van der Waals surface area contributed by atoms with Gasteiger partial charge in [0, 0.05) is 11.7 Å². The van der Waals surface area contributed by atoms with Crippen LogP contribution in [0.15, 0.2) is 53.3 Å². The van der Waals surface area contributed by atoms with Gasteiger partial charge >= 0.3 is 5.69 Å². The van der Waals surface area contributed by atoms with Crippen LogP contribution in [0.5, 0.6) is 0 Å². The molecule has 0 aliphatic heterocycles. The molecule has 4 nitrogen and oxygen atoms in total. The minimum atomic E-state index is -0.171. The van der Waals surface area contributed by atoms with Crippen molar-refractivity contribution in [3.05, 3.63) is 64.6 Å². The van der Waals surface area contributed by atoms with E-state index in [1.807, 2.05) is 48.5 Å². The fourth-order valence-corrected chi connectivity index (χ4v) is 2.19. The van der Waals surface area contributed by atoms with Crippen molar-refractivity contribution in [3.63, 3.8) is 0 Å². The van der Waals surface area contributed by atoms with Gasteiger partial charge in [-0.25, -0.2) is 4.79 Å². The monoisotopic (exact) mass is 253 g/mol. The molecule has 0 fully saturated rings. The van der Waals surface area contributed by atoms with E-state index in [1.54, 1.807) is 0 Å². The first-order chi connectivity index (χ1) is 9.22. The van der Waals surface area contributed by atoms with Crippen LogP contribution in [0.2, 0.25) is 0 Å². The Labute approximate surface area is 110 Å². The molecule has 4 heteroatoms. The highest BCUT2D eigenvalue weighted by Gasteiger charge is 2.07. The highest BCUT2D eigenvalue weighted by Crippen LogP contribution is 2.21. The molecular formula is C15H15N3O. The van der Waals surface area contributed by atoms with Gasteiger partial charge in [-0.3, -0.25) is 0 Å². The summed E-state index contributed by atoms with van der Waals surface area (Å²) in [6, 6.07) is 16.2. The summed E-state index contributed by atoms with van der Waals surface area (Å²) in [5, 5.41) is 3.43. The number of hydrogen-bond donors (Lipinski definition) is 3. The van der Waals surface area contributed by atoms with Crippen molar-refractivity contribution in [3.8, 4) is 0 Å². The van der Waals surface area contributed by atoms with E-state index in [9.17, 15) is 4.79 Å². The van der Waals surface area contributed by atoms with Crippen LogP contribution in [0.4, 0.5) is 5.69 Å². The van der Waals surface area contributed by atoms with Crippen LogP contribution in [0.1, 0.15) is 18.5 Å². The molecule has 0 aliphatic rings. The highest BCUT2D eigenvalue weighted by atomic mass is 16.1. The van der Waals surface area contributed by atoms with E-state index in [0.717, 1.165) is 22.3 Å². The largest absolute Gasteiger partial charge is 0.379 e. The number of hydrogen-bond acceptors (Lipinski definition) is 2. The zero-order valence-corrected chi connectivity index (χ0v) is 10.6. The number of imidazole rings is 1. The van der Waals surface area contributed by atoms with Crippen LogP contribution in [0, 0.1) is 0 Å². The molecule has 0 spiro atoms. The molecule has 96 valence electrons. The topological polar surface area (TPSA) is 60.7 Å². The molecule has 3 aromatic rings. The lowest BCUT2D eigenvalue weighted by molar-refractivity contribution is 0.886. The van der Waals surface area contributed by atoms with E-state index >= 15 is 0 Å². The van der Waals surface area contributed by atoms with Crippen LogP contribution >= 0.6 is 0 Å². The lowest BCUT2D eigenvalue weighted by Crippen LogP contribution is -2.06. The van der Waals surface area contributed by atoms with Crippen LogP contribution < -0.4 is 11.0 Å². The Bertz CT molecular complexity index is 743. The minimum absolute atomic E-state index is 0.171. The maximum Gasteiger partial charge on any atom is 0.323 e. The van der Waals surface area contributed by atoms with Crippen molar-refractivity contribution in [1.82, 2.24) is 9.97 Å². The van der Waals surface area contributed by atoms with Crippen molar-refractivity contribution in [2.75, 3.05) is 5.32 Å². The number of anilines is 1. The predicted molar refractivity (Wildman–Crippen MR) is 77.4 cm³/mol. The number of aromatic amines is 2. The zero-order chi connectivity index (χ0) is 13.2. The van der Waals surface area contributed by atoms with E-state index in [1.165, 1.54) is 0 Å². The second-order valence-corrected chi connectivity index (χ2v) is 4.62. The van der Waals surface area contributed by atoms with E-state index in [-0.39, 0.29) is 11.7 Å². The number of aromatic nitrogens is 2. The maximum atomic E-state index is 11.2. The van der Waals surface area contributed by atoms with Crippen molar-refractivity contribution in [1.29, 1.82) is 0 Å². The van der Waals surface area contributed by atoms with Gasteiger partial charge in [0.05, 0.1) is 11.0 Å². The van der Waals surface area contributed by atoms with Crippen LogP contribution in [0.25, 0.3) is 11.0 Å². The Kier molecular flexibility index (Phi) is 2.83. The molecule has 1 heterocycles. The lowest BCUT2D eigenvalue weighted by atomic mass is 10.1. The molecule has 0 saturated heterocycles. The smallest absolute Gasteiger partial charge is 0.323 e. The first kappa shape index (κ1) is 11.6. The molecule has 1 aromatic heterocycles. The minimum Gasteiger partial charge on any atom is -0.379 e. The number of para-hydroxylation sites is 1. The molecule has 1 atom stereocenters. The number of nitrogens with one attached hydrogen (secondary N) is 3. The van der Waals surface area contributed by atoms with Gasteiger partial charge in [0.15, 0.2) is 0 Å². The lowest BCUT2D eigenvalue weighted by Gasteiger charge is -2.15. The van der Waals surface area contributed by atoms with Gasteiger partial charge in [-0.15, -0.1) is 0 Å². The summed E-state index contributed by atoms with van der Waals surface area (Å²) in [5.41, 5.74) is 3.71. The summed E-state index contributed by atoms with van der Waals surface area (Å²) >= 11 is 0. The standard InChI is InChI=1S/C15H15N3O/c1-10(16-12-5-3-2-4-6-12)11-7-8-13-14(9-11)18-15(19)17-13/h2-10,16H,1H3,(H2,17,18,19). The maximum absolute atomic E-state index is 11.2. The quantitative estimate of drug-likeness (QED) is 0.672. The van der Waals surface area contributed by atoms with E-state index in [2.05, 4.69) is 22.2 Å². The molecule has 19 heavy (non-hydrogen) atoms. The number of rotatable bonds is 3. The molecule has 2 aromatic carbocycles. The van der Waals surface area contributed by atoms with Gasteiger partial charge in [-0.1, -0.05) is 24.3 Å². The average Bonchev–Trinajstić information content (AvgIpc) is 2.78. The summed E-state index contributed by atoms with van der Waals surface area (Å²) in [6.07, 6.45) is 0. The third-order valence-corrected chi connectivity index (χ3v) is 3.20. The first-order valence-corrected chi connectivity index (χ1v) is 6.26. The predicted octanol–water partition coefficient (Wildman–Crippen LogP) is 3.03. The Balaban J connectivity index is 1.88. The highest BCUT2D eigenvalue weighted by molar-refractivity contribution is 5.75. The van der Waals surface area contributed by atoms with Crippen molar-refractivity contribution in [2.45, 2.75) is 13.0 Å². The van der Waals surface area contributed by atoms with Crippen LogP contribution in [0.3, 0.4) is 0 Å².